The van der Waals surface area contributed by atoms with Crippen LogP contribution in [0.2, 0.25) is 0 Å². The van der Waals surface area contributed by atoms with Gasteiger partial charge < -0.3 is 5.73 Å². The Hall–Kier alpha value is -0.130. The Bertz CT molecular complexity index is 323. The van der Waals surface area contributed by atoms with Crippen LogP contribution in [0.1, 0.15) is 24.8 Å². The third kappa shape index (κ3) is 3.18. The van der Waals surface area contributed by atoms with E-state index in [0.29, 0.717) is 6.04 Å². The Kier molecular flexibility index (Phi) is 4.61. The molecule has 1 aromatic carbocycles. The lowest BCUT2D eigenvalue weighted by molar-refractivity contribution is 0.145. The molecule has 1 aliphatic rings. The number of likely N-dealkylation sites (tertiary alicyclic amines) is 1. The van der Waals surface area contributed by atoms with E-state index in [1.165, 1.54) is 34.9 Å². The summed E-state index contributed by atoms with van der Waals surface area (Å²) in [5.41, 5.74) is 7.23. The van der Waals surface area contributed by atoms with E-state index in [0.717, 1.165) is 13.1 Å². The summed E-state index contributed by atoms with van der Waals surface area (Å²) in [6.07, 6.45) is 3.92. The zero-order valence-electron chi connectivity index (χ0n) is 9.53. The van der Waals surface area contributed by atoms with Gasteiger partial charge in [-0.2, -0.15) is 0 Å². The highest BCUT2D eigenvalue weighted by Crippen LogP contribution is 2.19. The van der Waals surface area contributed by atoms with Crippen molar-refractivity contribution >= 4 is 22.6 Å². The van der Waals surface area contributed by atoms with Gasteiger partial charge in [0.05, 0.1) is 0 Å². The Morgan fingerprint density at radius 1 is 1.25 bits per heavy atom. The van der Waals surface area contributed by atoms with Gasteiger partial charge in [-0.25, -0.2) is 0 Å². The molecule has 1 unspecified atom stereocenters. The van der Waals surface area contributed by atoms with E-state index in [-0.39, 0.29) is 0 Å². The molecule has 1 aromatic rings. The highest BCUT2D eigenvalue weighted by Gasteiger charge is 2.20. The minimum Gasteiger partial charge on any atom is -0.329 e. The predicted octanol–water partition coefficient (Wildman–Crippen LogP) is 2.60. The summed E-state index contributed by atoms with van der Waals surface area (Å²) in [5, 5.41) is 0. The lowest BCUT2D eigenvalue weighted by Gasteiger charge is -2.35. The van der Waals surface area contributed by atoms with E-state index < -0.39 is 0 Å². The first-order valence-corrected chi connectivity index (χ1v) is 7.06. The zero-order chi connectivity index (χ0) is 11.4. The summed E-state index contributed by atoms with van der Waals surface area (Å²) in [6.45, 7) is 3.05. The number of hydrogen-bond donors (Lipinski definition) is 1. The second-order valence-corrected chi connectivity index (χ2v) is 5.73. The van der Waals surface area contributed by atoms with Crippen molar-refractivity contribution < 1.29 is 0 Å². The number of nitrogens with two attached hydrogens (primary N) is 1. The lowest BCUT2D eigenvalue weighted by Crippen LogP contribution is -2.43. The average Bonchev–Trinajstić information content (AvgIpc) is 2.33. The van der Waals surface area contributed by atoms with Crippen LogP contribution in [-0.2, 0) is 6.54 Å². The van der Waals surface area contributed by atoms with E-state index in [1.54, 1.807) is 0 Å². The molecule has 2 nitrogen and oxygen atoms in total. The molecule has 0 saturated carbocycles. The van der Waals surface area contributed by atoms with Gasteiger partial charge in [0.1, 0.15) is 0 Å². The first kappa shape index (κ1) is 12.3. The quantitative estimate of drug-likeness (QED) is 0.864. The smallest absolute Gasteiger partial charge is 0.0237 e. The Morgan fingerprint density at radius 2 is 2.00 bits per heavy atom. The van der Waals surface area contributed by atoms with E-state index in [2.05, 4.69) is 51.8 Å². The zero-order valence-corrected chi connectivity index (χ0v) is 11.7. The molecule has 0 bridgehead atoms. The van der Waals surface area contributed by atoms with Gasteiger partial charge in [0.25, 0.3) is 0 Å². The van der Waals surface area contributed by atoms with Crippen molar-refractivity contribution in [1.82, 2.24) is 4.90 Å². The van der Waals surface area contributed by atoms with Crippen LogP contribution in [0.3, 0.4) is 0 Å². The largest absolute Gasteiger partial charge is 0.329 e. The molecular weight excluding hydrogens is 311 g/mol. The van der Waals surface area contributed by atoms with E-state index in [1.807, 2.05) is 0 Å². The molecule has 1 aliphatic heterocycles. The number of rotatable bonds is 3. The maximum Gasteiger partial charge on any atom is 0.0237 e. The van der Waals surface area contributed by atoms with Crippen molar-refractivity contribution in [3.63, 3.8) is 0 Å². The highest BCUT2D eigenvalue weighted by atomic mass is 127. The van der Waals surface area contributed by atoms with Crippen LogP contribution in [0.5, 0.6) is 0 Å². The number of hydrogen-bond acceptors (Lipinski definition) is 2. The van der Waals surface area contributed by atoms with Crippen LogP contribution in [0, 0.1) is 3.57 Å². The van der Waals surface area contributed by atoms with Gasteiger partial charge >= 0.3 is 0 Å². The average molecular weight is 330 g/mol. The number of piperidine rings is 1. The summed E-state index contributed by atoms with van der Waals surface area (Å²) >= 11 is 2.35. The normalized spacial score (nSPS) is 22.2. The molecule has 0 aliphatic carbocycles. The van der Waals surface area contributed by atoms with Gasteiger partial charge in [-0.1, -0.05) is 18.6 Å². The minimum atomic E-state index is 0.591. The highest BCUT2D eigenvalue weighted by molar-refractivity contribution is 14.1. The Balaban J connectivity index is 1.99. The number of halogens is 1. The van der Waals surface area contributed by atoms with Crippen molar-refractivity contribution in [3.05, 3.63) is 33.4 Å². The molecule has 1 heterocycles. The third-order valence-electron chi connectivity index (χ3n) is 3.32. The minimum absolute atomic E-state index is 0.591. The number of benzene rings is 1. The molecule has 1 saturated heterocycles. The molecule has 2 N–H and O–H groups in total. The third-order valence-corrected chi connectivity index (χ3v) is 4.04. The van der Waals surface area contributed by atoms with E-state index in [4.69, 9.17) is 5.73 Å². The van der Waals surface area contributed by atoms with Crippen molar-refractivity contribution in [2.24, 2.45) is 5.73 Å². The maximum atomic E-state index is 5.83. The molecule has 0 spiro atoms. The van der Waals surface area contributed by atoms with Crippen molar-refractivity contribution in [1.29, 1.82) is 0 Å². The van der Waals surface area contributed by atoms with Crippen LogP contribution in [0.4, 0.5) is 0 Å². The van der Waals surface area contributed by atoms with Gasteiger partial charge in [0.15, 0.2) is 0 Å². The summed E-state index contributed by atoms with van der Waals surface area (Å²) in [7, 11) is 0. The number of nitrogens with zero attached hydrogens (tertiary/aromatic N) is 1. The fourth-order valence-electron chi connectivity index (χ4n) is 2.36. The summed E-state index contributed by atoms with van der Waals surface area (Å²) in [5.74, 6) is 0. The molecule has 1 fully saturated rings. The van der Waals surface area contributed by atoms with Crippen molar-refractivity contribution in [2.45, 2.75) is 31.8 Å². The first-order chi connectivity index (χ1) is 7.79. The van der Waals surface area contributed by atoms with Crippen molar-refractivity contribution in [3.8, 4) is 0 Å². The van der Waals surface area contributed by atoms with Gasteiger partial charge in [0.2, 0.25) is 0 Å². The van der Waals surface area contributed by atoms with Crippen LogP contribution in [-0.4, -0.2) is 24.0 Å². The predicted molar refractivity (Wildman–Crippen MR) is 76.3 cm³/mol. The molecule has 0 radical (unpaired) electrons. The van der Waals surface area contributed by atoms with Crippen LogP contribution in [0.25, 0.3) is 0 Å². The van der Waals surface area contributed by atoms with Crippen LogP contribution in [0.15, 0.2) is 24.3 Å². The molecule has 1 atom stereocenters. The van der Waals surface area contributed by atoms with Crippen molar-refractivity contribution in [2.75, 3.05) is 13.1 Å². The van der Waals surface area contributed by atoms with E-state index in [9.17, 15) is 0 Å². The topological polar surface area (TPSA) is 29.3 Å². The molecule has 0 amide bonds. The fourth-order valence-corrected chi connectivity index (χ4v) is 2.72. The van der Waals surface area contributed by atoms with Gasteiger partial charge in [0, 0.05) is 22.7 Å². The lowest BCUT2D eigenvalue weighted by atomic mass is 10.0. The second kappa shape index (κ2) is 5.98. The van der Waals surface area contributed by atoms with Crippen LogP contribution < -0.4 is 5.73 Å². The molecule has 88 valence electrons. The monoisotopic (exact) mass is 330 g/mol. The van der Waals surface area contributed by atoms with E-state index >= 15 is 0 Å². The SMILES string of the molecule is NCC1CCCCN1Cc1ccc(I)cc1. The van der Waals surface area contributed by atoms with Gasteiger partial charge in [-0.05, 0) is 59.7 Å². The molecular formula is C13H19IN2. The Morgan fingerprint density at radius 3 is 2.69 bits per heavy atom. The summed E-state index contributed by atoms with van der Waals surface area (Å²) in [6, 6.07) is 9.40. The molecule has 2 rings (SSSR count). The standard InChI is InChI=1S/C13H19IN2/c14-12-6-4-11(5-7-12)10-16-8-2-1-3-13(16)9-15/h4-7,13H,1-3,8-10,15H2. The first-order valence-electron chi connectivity index (χ1n) is 5.98. The van der Waals surface area contributed by atoms with Crippen LogP contribution >= 0.6 is 22.6 Å². The molecule has 16 heavy (non-hydrogen) atoms. The molecule has 0 aromatic heterocycles. The van der Waals surface area contributed by atoms with Gasteiger partial charge in [-0.15, -0.1) is 0 Å². The maximum absolute atomic E-state index is 5.83. The summed E-state index contributed by atoms with van der Waals surface area (Å²) in [4.78, 5) is 2.53. The Labute approximate surface area is 111 Å². The molecule has 3 heteroatoms. The van der Waals surface area contributed by atoms with Gasteiger partial charge in [-0.3, -0.25) is 4.90 Å². The second-order valence-electron chi connectivity index (χ2n) is 4.48. The summed E-state index contributed by atoms with van der Waals surface area (Å²) < 4.78 is 1.30. The fraction of sp³-hybridized carbons (Fsp3) is 0.538.